The molecule has 1 atom stereocenters. The van der Waals surface area contributed by atoms with Gasteiger partial charge in [0.2, 0.25) is 11.8 Å². The van der Waals surface area contributed by atoms with Gasteiger partial charge in [0.05, 0.1) is 35.2 Å². The van der Waals surface area contributed by atoms with E-state index in [1.165, 1.54) is 56.4 Å². The van der Waals surface area contributed by atoms with Crippen LogP contribution in [0.3, 0.4) is 0 Å². The molecule has 1 amide bonds. The molecule has 2 aromatic carbocycles. The summed E-state index contributed by atoms with van der Waals surface area (Å²) in [5.74, 6) is -1.27. The standard InChI is InChI=1S/C26H26FN5O5S/c1-15-5-7-19(11-21(15)27)38(35,36)31-23-10-18(12-29-25(23)37-4)17-6-8-22-20(9-17)26(34)32(14-30-22)13-16(2)24(33)28-3/h5-12,14,16,31H,13H2,1-4H3,(H,28,33)/t16-/m0/s1. The van der Waals surface area contributed by atoms with Crippen molar-refractivity contribution in [2.45, 2.75) is 25.3 Å². The number of fused-ring (bicyclic) bond motifs is 1. The molecule has 0 bridgehead atoms. The number of hydrogen-bond acceptors (Lipinski definition) is 7. The maximum atomic E-state index is 14.0. The van der Waals surface area contributed by atoms with Crippen molar-refractivity contribution in [3.8, 4) is 17.0 Å². The SMILES string of the molecule is CNC(=O)[C@@H](C)Cn1cnc2ccc(-c3cnc(OC)c(NS(=O)(=O)c4ccc(C)c(F)c4)c3)cc2c1=O. The number of methoxy groups -OCH3 is 1. The van der Waals surface area contributed by atoms with Gasteiger partial charge in [0.1, 0.15) is 11.5 Å². The third kappa shape index (κ3) is 5.35. The lowest BCUT2D eigenvalue weighted by Gasteiger charge is -2.14. The van der Waals surface area contributed by atoms with Crippen molar-refractivity contribution in [3.05, 3.63) is 76.7 Å². The molecule has 0 saturated heterocycles. The topological polar surface area (TPSA) is 132 Å². The van der Waals surface area contributed by atoms with Crippen LogP contribution in [0, 0.1) is 18.7 Å². The summed E-state index contributed by atoms with van der Waals surface area (Å²) in [6.07, 6.45) is 2.88. The van der Waals surface area contributed by atoms with E-state index in [1.807, 2.05) is 0 Å². The van der Waals surface area contributed by atoms with E-state index in [-0.39, 0.29) is 34.5 Å². The molecule has 0 aliphatic heterocycles. The van der Waals surface area contributed by atoms with Crippen molar-refractivity contribution < 1.29 is 22.3 Å². The summed E-state index contributed by atoms with van der Waals surface area (Å²) in [5.41, 5.74) is 1.56. The van der Waals surface area contributed by atoms with Crippen LogP contribution in [0.5, 0.6) is 5.88 Å². The van der Waals surface area contributed by atoms with Crippen LogP contribution in [0.4, 0.5) is 10.1 Å². The van der Waals surface area contributed by atoms with E-state index in [4.69, 9.17) is 4.74 Å². The summed E-state index contributed by atoms with van der Waals surface area (Å²) in [5, 5.41) is 2.88. The Hall–Kier alpha value is -4.32. The first-order valence-electron chi connectivity index (χ1n) is 11.6. The van der Waals surface area contributed by atoms with Gasteiger partial charge >= 0.3 is 0 Å². The minimum Gasteiger partial charge on any atom is -0.480 e. The average Bonchev–Trinajstić information content (AvgIpc) is 2.90. The average molecular weight is 540 g/mol. The molecule has 2 aromatic heterocycles. The number of nitrogens with one attached hydrogen (secondary N) is 2. The van der Waals surface area contributed by atoms with Crippen LogP contribution in [0.1, 0.15) is 12.5 Å². The number of pyridine rings is 1. The molecule has 0 aliphatic rings. The maximum absolute atomic E-state index is 14.0. The zero-order valence-corrected chi connectivity index (χ0v) is 22.0. The molecule has 0 unspecified atom stereocenters. The number of ether oxygens (including phenoxy) is 1. The quantitative estimate of drug-likeness (QED) is 0.352. The molecule has 0 fully saturated rings. The molecule has 38 heavy (non-hydrogen) atoms. The van der Waals surface area contributed by atoms with Gasteiger partial charge in [-0.25, -0.2) is 22.8 Å². The number of carbonyl (C=O) groups is 1. The molecule has 2 heterocycles. The Morgan fingerprint density at radius 2 is 1.89 bits per heavy atom. The molecule has 4 rings (SSSR count). The highest BCUT2D eigenvalue weighted by Crippen LogP contribution is 2.31. The van der Waals surface area contributed by atoms with Gasteiger partial charge in [0, 0.05) is 25.4 Å². The van der Waals surface area contributed by atoms with Crippen LogP contribution in [0.25, 0.3) is 22.0 Å². The normalized spacial score (nSPS) is 12.2. The summed E-state index contributed by atoms with van der Waals surface area (Å²) in [7, 11) is -1.28. The van der Waals surface area contributed by atoms with Crippen LogP contribution in [0.2, 0.25) is 0 Å². The fourth-order valence-corrected chi connectivity index (χ4v) is 4.94. The molecule has 0 spiro atoms. The molecular weight excluding hydrogens is 513 g/mol. The molecule has 4 aromatic rings. The van der Waals surface area contributed by atoms with Gasteiger partial charge in [-0.05, 0) is 48.4 Å². The van der Waals surface area contributed by atoms with Crippen molar-refractivity contribution in [3.63, 3.8) is 0 Å². The second kappa shape index (κ2) is 10.6. The van der Waals surface area contributed by atoms with E-state index in [1.54, 1.807) is 25.1 Å². The number of carbonyl (C=O) groups excluding carboxylic acids is 1. The number of aromatic nitrogens is 3. The van der Waals surface area contributed by atoms with Gasteiger partial charge in [0.15, 0.2) is 0 Å². The highest BCUT2D eigenvalue weighted by molar-refractivity contribution is 7.92. The Kier molecular flexibility index (Phi) is 7.44. The molecule has 12 heteroatoms. The lowest BCUT2D eigenvalue weighted by molar-refractivity contribution is -0.124. The van der Waals surface area contributed by atoms with Crippen molar-refractivity contribution in [2.75, 3.05) is 18.9 Å². The number of benzene rings is 2. The minimum atomic E-state index is -4.16. The third-order valence-corrected chi connectivity index (χ3v) is 7.43. The van der Waals surface area contributed by atoms with Crippen LogP contribution in [-0.4, -0.2) is 43.0 Å². The highest BCUT2D eigenvalue weighted by atomic mass is 32.2. The zero-order valence-electron chi connectivity index (χ0n) is 21.1. The number of sulfonamides is 1. The summed E-state index contributed by atoms with van der Waals surface area (Å²) >= 11 is 0. The van der Waals surface area contributed by atoms with Gasteiger partial charge in [-0.2, -0.15) is 0 Å². The van der Waals surface area contributed by atoms with Crippen molar-refractivity contribution in [1.29, 1.82) is 0 Å². The number of hydrogen-bond donors (Lipinski definition) is 2. The largest absolute Gasteiger partial charge is 0.480 e. The van der Waals surface area contributed by atoms with Gasteiger partial charge in [0.25, 0.3) is 15.6 Å². The van der Waals surface area contributed by atoms with E-state index in [0.29, 0.717) is 27.6 Å². The zero-order chi connectivity index (χ0) is 27.6. The minimum absolute atomic E-state index is 0.0120. The molecular formula is C26H26FN5O5S. The van der Waals surface area contributed by atoms with Gasteiger partial charge < -0.3 is 10.1 Å². The first-order valence-corrected chi connectivity index (χ1v) is 13.1. The fourth-order valence-electron chi connectivity index (χ4n) is 3.88. The predicted molar refractivity (Wildman–Crippen MR) is 141 cm³/mol. The highest BCUT2D eigenvalue weighted by Gasteiger charge is 2.20. The predicted octanol–water partition coefficient (Wildman–Crippen LogP) is 3.10. The summed E-state index contributed by atoms with van der Waals surface area (Å²) in [4.78, 5) is 33.3. The van der Waals surface area contributed by atoms with Crippen LogP contribution in [-0.2, 0) is 21.4 Å². The van der Waals surface area contributed by atoms with Gasteiger partial charge in [-0.3, -0.25) is 18.9 Å². The van der Waals surface area contributed by atoms with E-state index in [0.717, 1.165) is 6.07 Å². The first kappa shape index (κ1) is 26.7. The van der Waals surface area contributed by atoms with Crippen LogP contribution in [0.15, 0.2) is 64.7 Å². The lowest BCUT2D eigenvalue weighted by atomic mass is 10.0. The number of anilines is 1. The summed E-state index contributed by atoms with van der Waals surface area (Å²) < 4.78 is 48.9. The maximum Gasteiger partial charge on any atom is 0.262 e. The first-order chi connectivity index (χ1) is 18.0. The number of rotatable bonds is 8. The molecule has 10 nitrogen and oxygen atoms in total. The van der Waals surface area contributed by atoms with Crippen molar-refractivity contribution >= 4 is 32.5 Å². The number of halogens is 1. The van der Waals surface area contributed by atoms with Crippen LogP contribution < -0.4 is 20.3 Å². The molecule has 0 aliphatic carbocycles. The van der Waals surface area contributed by atoms with Gasteiger partial charge in [-0.15, -0.1) is 0 Å². The number of nitrogens with zero attached hydrogens (tertiary/aromatic N) is 3. The Bertz CT molecular complexity index is 1700. The van der Waals surface area contributed by atoms with E-state index < -0.39 is 21.8 Å². The second-order valence-electron chi connectivity index (χ2n) is 8.75. The van der Waals surface area contributed by atoms with E-state index >= 15 is 0 Å². The molecule has 2 N–H and O–H groups in total. The number of aryl methyl sites for hydroxylation is 1. The Labute approximate surface area is 218 Å². The molecule has 0 saturated carbocycles. The lowest BCUT2D eigenvalue weighted by Crippen LogP contribution is -2.32. The fraction of sp³-hybridized carbons (Fsp3) is 0.231. The Morgan fingerprint density at radius 1 is 1.13 bits per heavy atom. The number of amides is 1. The van der Waals surface area contributed by atoms with E-state index in [2.05, 4.69) is 20.0 Å². The second-order valence-corrected chi connectivity index (χ2v) is 10.4. The van der Waals surface area contributed by atoms with Gasteiger partial charge in [-0.1, -0.05) is 19.1 Å². The summed E-state index contributed by atoms with van der Waals surface area (Å²) in [6, 6.07) is 10.2. The third-order valence-electron chi connectivity index (χ3n) is 6.06. The van der Waals surface area contributed by atoms with Crippen molar-refractivity contribution in [1.82, 2.24) is 19.9 Å². The molecule has 198 valence electrons. The van der Waals surface area contributed by atoms with Crippen molar-refractivity contribution in [2.24, 2.45) is 5.92 Å². The monoisotopic (exact) mass is 539 g/mol. The Balaban J connectivity index is 1.73. The van der Waals surface area contributed by atoms with E-state index in [9.17, 15) is 22.4 Å². The van der Waals surface area contributed by atoms with Crippen LogP contribution >= 0.6 is 0 Å². The molecule has 0 radical (unpaired) electrons. The summed E-state index contributed by atoms with van der Waals surface area (Å²) in [6.45, 7) is 3.40. The Morgan fingerprint density at radius 3 is 2.58 bits per heavy atom. The smallest absolute Gasteiger partial charge is 0.262 e.